The number of piperazine rings is 1. The molecule has 1 atom stereocenters. The lowest BCUT2D eigenvalue weighted by atomic mass is 9.77. The maximum atomic E-state index is 13.8. The Hall–Kier alpha value is -4.07. The molecule has 0 spiro atoms. The Morgan fingerprint density at radius 3 is 2.62 bits per heavy atom. The molecule has 214 valence electrons. The van der Waals surface area contributed by atoms with Crippen LogP contribution < -0.4 is 0 Å². The van der Waals surface area contributed by atoms with E-state index in [1.54, 1.807) is 12.1 Å². The van der Waals surface area contributed by atoms with Crippen LogP contribution in [0, 0.1) is 12.8 Å². The third-order valence-electron chi connectivity index (χ3n) is 9.35. The summed E-state index contributed by atoms with van der Waals surface area (Å²) in [4.78, 5) is 23.8. The summed E-state index contributed by atoms with van der Waals surface area (Å²) in [7, 11) is 2.18. The van der Waals surface area contributed by atoms with Gasteiger partial charge in [0, 0.05) is 61.4 Å². The summed E-state index contributed by atoms with van der Waals surface area (Å²) in [6, 6.07) is 17.9. The predicted molar refractivity (Wildman–Crippen MR) is 167 cm³/mol. The number of hydrogen-bond acceptors (Lipinski definition) is 6. The topological polar surface area (TPSA) is 85.3 Å². The van der Waals surface area contributed by atoms with E-state index in [0.29, 0.717) is 18.6 Å². The number of carbonyl (C=O) groups is 1. The molecule has 3 heterocycles. The molecule has 1 fully saturated rings. The number of ketones is 1. The van der Waals surface area contributed by atoms with Gasteiger partial charge in [0.1, 0.15) is 11.5 Å². The van der Waals surface area contributed by atoms with E-state index < -0.39 is 0 Å². The number of likely N-dealkylation sites (N-methyl/N-ethyl adjacent to an activating group) is 1. The average molecular weight is 560 g/mol. The number of nitrogens with zero attached hydrogens (tertiary/aromatic N) is 4. The SMILES string of the molecule is Cc1cc(CC(=O)C2CCc3c(c(-c4ccc(O)cc4)nc4ccc5[nH]ncc5c34)C2)ccc1CN1CCN(C)CC1. The molecule has 0 saturated carbocycles. The second kappa shape index (κ2) is 11.0. The molecule has 1 aliphatic heterocycles. The highest BCUT2D eigenvalue weighted by Gasteiger charge is 2.30. The average Bonchev–Trinajstić information content (AvgIpc) is 3.48. The number of aryl methyl sites for hydroxylation is 2. The van der Waals surface area contributed by atoms with Crippen molar-refractivity contribution in [3.8, 4) is 17.0 Å². The number of fused-ring (bicyclic) bond motifs is 5. The number of aromatic amines is 1. The largest absolute Gasteiger partial charge is 0.508 e. The van der Waals surface area contributed by atoms with E-state index in [9.17, 15) is 9.90 Å². The van der Waals surface area contributed by atoms with Crippen molar-refractivity contribution in [1.82, 2.24) is 25.0 Å². The molecule has 3 aromatic carbocycles. The maximum Gasteiger partial charge on any atom is 0.140 e. The van der Waals surface area contributed by atoms with Gasteiger partial charge in [-0.3, -0.25) is 14.8 Å². The molecule has 42 heavy (non-hydrogen) atoms. The molecular weight excluding hydrogens is 522 g/mol. The molecule has 7 heteroatoms. The van der Waals surface area contributed by atoms with E-state index in [2.05, 4.69) is 52.2 Å². The third-order valence-corrected chi connectivity index (χ3v) is 9.35. The first-order chi connectivity index (χ1) is 20.4. The van der Waals surface area contributed by atoms with Crippen molar-refractivity contribution in [1.29, 1.82) is 0 Å². The summed E-state index contributed by atoms with van der Waals surface area (Å²) in [6.07, 6.45) is 4.66. The number of phenols is 1. The fourth-order valence-electron chi connectivity index (χ4n) is 6.83. The summed E-state index contributed by atoms with van der Waals surface area (Å²) in [5.41, 5.74) is 9.91. The second-order valence-electron chi connectivity index (χ2n) is 12.2. The summed E-state index contributed by atoms with van der Waals surface area (Å²) < 4.78 is 0. The van der Waals surface area contributed by atoms with Gasteiger partial charge in [-0.15, -0.1) is 0 Å². The monoisotopic (exact) mass is 559 g/mol. The van der Waals surface area contributed by atoms with Crippen molar-refractivity contribution < 1.29 is 9.90 Å². The predicted octanol–water partition coefficient (Wildman–Crippen LogP) is 5.46. The Labute approximate surface area is 246 Å². The van der Waals surface area contributed by atoms with Crippen molar-refractivity contribution in [3.05, 3.63) is 88.6 Å². The third kappa shape index (κ3) is 5.08. The number of rotatable bonds is 6. The first kappa shape index (κ1) is 26.8. The van der Waals surface area contributed by atoms with Crippen LogP contribution in [0.1, 0.15) is 34.2 Å². The smallest absolute Gasteiger partial charge is 0.140 e. The van der Waals surface area contributed by atoms with Crippen molar-refractivity contribution in [3.63, 3.8) is 0 Å². The molecule has 7 nitrogen and oxygen atoms in total. The normalized spacial score (nSPS) is 18.0. The number of aromatic nitrogens is 3. The molecule has 2 aliphatic rings. The van der Waals surface area contributed by atoms with E-state index in [4.69, 9.17) is 4.98 Å². The van der Waals surface area contributed by atoms with Gasteiger partial charge in [0.2, 0.25) is 0 Å². The lowest BCUT2D eigenvalue weighted by molar-refractivity contribution is -0.122. The van der Waals surface area contributed by atoms with E-state index in [1.165, 1.54) is 16.7 Å². The van der Waals surface area contributed by atoms with Crippen LogP contribution in [0.2, 0.25) is 0 Å². The van der Waals surface area contributed by atoms with Gasteiger partial charge in [-0.2, -0.15) is 5.10 Å². The highest BCUT2D eigenvalue weighted by Crippen LogP contribution is 2.40. The van der Waals surface area contributed by atoms with Crippen LogP contribution in [-0.2, 0) is 30.6 Å². The van der Waals surface area contributed by atoms with Crippen molar-refractivity contribution in [2.45, 2.75) is 39.2 Å². The number of nitrogens with one attached hydrogen (secondary N) is 1. The number of aromatic hydroxyl groups is 1. The number of H-pyrrole nitrogens is 1. The Bertz CT molecular complexity index is 1780. The Morgan fingerprint density at radius 2 is 1.83 bits per heavy atom. The maximum absolute atomic E-state index is 13.8. The van der Waals surface area contributed by atoms with Gasteiger partial charge in [0.25, 0.3) is 0 Å². The first-order valence-electron chi connectivity index (χ1n) is 15.0. The number of pyridine rings is 1. The molecule has 1 unspecified atom stereocenters. The van der Waals surface area contributed by atoms with E-state index in [-0.39, 0.29) is 11.7 Å². The van der Waals surface area contributed by atoms with E-state index in [0.717, 1.165) is 89.8 Å². The molecule has 2 aromatic heterocycles. The van der Waals surface area contributed by atoms with E-state index in [1.807, 2.05) is 30.5 Å². The van der Waals surface area contributed by atoms with E-state index >= 15 is 0 Å². The fraction of sp³-hybridized carbons (Fsp3) is 0.343. The van der Waals surface area contributed by atoms with Gasteiger partial charge in [-0.05, 0) is 97.4 Å². The van der Waals surface area contributed by atoms with Gasteiger partial charge >= 0.3 is 0 Å². The van der Waals surface area contributed by atoms with Crippen molar-refractivity contribution in [2.75, 3.05) is 33.2 Å². The minimum atomic E-state index is -0.0542. The summed E-state index contributed by atoms with van der Waals surface area (Å²) >= 11 is 0. The van der Waals surface area contributed by atoms with Crippen molar-refractivity contribution in [2.24, 2.45) is 5.92 Å². The zero-order valence-corrected chi connectivity index (χ0v) is 24.4. The first-order valence-corrected chi connectivity index (χ1v) is 15.0. The quantitative estimate of drug-likeness (QED) is 0.288. The molecule has 1 aliphatic carbocycles. The lowest BCUT2D eigenvalue weighted by Gasteiger charge is -2.32. The van der Waals surface area contributed by atoms with Crippen LogP contribution in [0.15, 0.2) is 60.8 Å². The molecule has 2 N–H and O–H groups in total. The standard InChI is InChI=1S/C35H37N5O2/c1-22-17-23(3-4-26(22)21-40-15-13-39(2)14-16-40)18-33(42)25-7-10-28-29(19-25)35(24-5-8-27(41)9-6-24)37-32-12-11-31-30(34(28)32)20-36-38-31/h3-6,8-9,11-12,17,20,25,41H,7,10,13-16,18-19,21H2,1-2H3,(H,36,38). The molecule has 1 saturated heterocycles. The van der Waals surface area contributed by atoms with Gasteiger partial charge in [0.15, 0.2) is 0 Å². The number of benzene rings is 3. The molecule has 0 radical (unpaired) electrons. The molecular formula is C35H37N5O2. The van der Waals surface area contributed by atoms with Gasteiger partial charge < -0.3 is 10.0 Å². The summed E-state index contributed by atoms with van der Waals surface area (Å²) in [5.74, 6) is 0.470. The minimum Gasteiger partial charge on any atom is -0.508 e. The molecule has 0 amide bonds. The summed E-state index contributed by atoms with van der Waals surface area (Å²) in [6.45, 7) is 7.57. The minimum absolute atomic E-state index is 0.0542. The molecule has 0 bridgehead atoms. The van der Waals surface area contributed by atoms with Crippen molar-refractivity contribution >= 4 is 27.6 Å². The number of phenolic OH excluding ortho intramolecular Hbond substituents is 1. The lowest BCUT2D eigenvalue weighted by Crippen LogP contribution is -2.43. The van der Waals surface area contributed by atoms with Gasteiger partial charge in [-0.1, -0.05) is 18.2 Å². The fourth-order valence-corrected chi connectivity index (χ4v) is 6.83. The summed E-state index contributed by atoms with van der Waals surface area (Å²) in [5, 5.41) is 19.5. The Balaban J connectivity index is 1.16. The van der Waals surface area contributed by atoms with Crippen LogP contribution in [0.5, 0.6) is 5.75 Å². The van der Waals surface area contributed by atoms with Crippen LogP contribution in [0.4, 0.5) is 0 Å². The molecule has 7 rings (SSSR count). The van der Waals surface area contributed by atoms with Gasteiger partial charge in [0.05, 0.1) is 22.9 Å². The van der Waals surface area contributed by atoms with Crippen LogP contribution >= 0.6 is 0 Å². The van der Waals surface area contributed by atoms with Crippen LogP contribution in [-0.4, -0.2) is 69.1 Å². The van der Waals surface area contributed by atoms with Crippen LogP contribution in [0.25, 0.3) is 33.1 Å². The van der Waals surface area contributed by atoms with Gasteiger partial charge in [-0.25, -0.2) is 4.98 Å². The Kier molecular flexibility index (Phi) is 7.00. The number of Topliss-reactive ketones (excluding diaryl/α,β-unsaturated/α-hetero) is 1. The highest BCUT2D eigenvalue weighted by molar-refractivity contribution is 6.08. The second-order valence-corrected chi connectivity index (χ2v) is 12.2. The number of carbonyl (C=O) groups excluding carboxylic acids is 1. The number of hydrogen-bond donors (Lipinski definition) is 2. The zero-order valence-electron chi connectivity index (χ0n) is 24.4. The molecule has 5 aromatic rings. The van der Waals surface area contributed by atoms with Crippen LogP contribution in [0.3, 0.4) is 0 Å². The Morgan fingerprint density at radius 1 is 1.02 bits per heavy atom. The highest BCUT2D eigenvalue weighted by atomic mass is 16.3. The zero-order chi connectivity index (χ0) is 28.8.